The Balaban J connectivity index is 1.52. The number of aromatic nitrogens is 2. The smallest absolute Gasteiger partial charge is 0.407 e. The number of nitrogens with zero attached hydrogens (tertiary/aromatic N) is 2. The maximum absolute atomic E-state index is 14.2. The van der Waals surface area contributed by atoms with Gasteiger partial charge in [-0.25, -0.2) is 18.0 Å². The van der Waals surface area contributed by atoms with E-state index in [4.69, 9.17) is 9.47 Å². The molecule has 8 nitrogen and oxygen atoms in total. The van der Waals surface area contributed by atoms with Crippen LogP contribution in [0.2, 0.25) is 0 Å². The van der Waals surface area contributed by atoms with Crippen molar-refractivity contribution in [3.63, 3.8) is 0 Å². The third-order valence-corrected chi connectivity index (χ3v) is 6.97. The summed E-state index contributed by atoms with van der Waals surface area (Å²) in [4.78, 5) is 25.9. The molecule has 240 valence electrons. The summed E-state index contributed by atoms with van der Waals surface area (Å²) in [5.41, 5.74) is -0.462. The molecule has 4 rings (SSSR count). The number of rotatable bonds is 11. The van der Waals surface area contributed by atoms with Crippen LogP contribution in [-0.4, -0.2) is 39.9 Å². The zero-order valence-corrected chi connectivity index (χ0v) is 24.5. The number of hydrogen-bond donors (Lipinski definition) is 2. The second kappa shape index (κ2) is 13.5. The third-order valence-electron chi connectivity index (χ3n) is 6.97. The number of aryl methyl sites for hydroxylation is 2. The van der Waals surface area contributed by atoms with Crippen LogP contribution in [0.15, 0.2) is 54.6 Å². The van der Waals surface area contributed by atoms with Gasteiger partial charge in [-0.15, -0.1) is 0 Å². The zero-order chi connectivity index (χ0) is 32.9. The maximum atomic E-state index is 14.2. The summed E-state index contributed by atoms with van der Waals surface area (Å²) in [6, 6.07) is 13.2. The normalized spacial score (nSPS) is 12.9. The Bertz CT molecular complexity index is 1690. The fourth-order valence-corrected chi connectivity index (χ4v) is 4.57. The molecule has 0 aliphatic rings. The van der Waals surface area contributed by atoms with Gasteiger partial charge in [-0.3, -0.25) is 4.79 Å². The fraction of sp³-hybridized carbons (Fsp3) is 0.323. The van der Waals surface area contributed by atoms with Gasteiger partial charge in [0.25, 0.3) is 5.91 Å². The molecular weight excluding hydrogens is 606 g/mol. The van der Waals surface area contributed by atoms with Crippen molar-refractivity contribution in [1.82, 2.24) is 20.2 Å². The highest BCUT2D eigenvalue weighted by atomic mass is 19.4. The molecule has 0 aliphatic heterocycles. The molecule has 2 aromatic carbocycles. The Labute approximate surface area is 254 Å². The summed E-state index contributed by atoms with van der Waals surface area (Å²) in [6.45, 7) is 3.34. The van der Waals surface area contributed by atoms with Crippen LogP contribution in [0.3, 0.4) is 0 Å². The number of halogens is 6. The van der Waals surface area contributed by atoms with E-state index < -0.39 is 72.7 Å². The van der Waals surface area contributed by atoms with Crippen molar-refractivity contribution in [2.45, 2.75) is 58.5 Å². The van der Waals surface area contributed by atoms with Crippen LogP contribution in [0.25, 0.3) is 5.52 Å². The lowest BCUT2D eigenvalue weighted by molar-refractivity contribution is -0.138. The van der Waals surface area contributed by atoms with E-state index in [1.807, 2.05) is 0 Å². The lowest BCUT2D eigenvalue weighted by atomic mass is 9.95. The van der Waals surface area contributed by atoms with Gasteiger partial charge in [-0.05, 0) is 56.5 Å². The van der Waals surface area contributed by atoms with Crippen molar-refractivity contribution >= 4 is 17.5 Å². The predicted molar refractivity (Wildman–Crippen MR) is 151 cm³/mol. The summed E-state index contributed by atoms with van der Waals surface area (Å²) in [7, 11) is 0. The van der Waals surface area contributed by atoms with Gasteiger partial charge in [0.1, 0.15) is 19.0 Å². The van der Waals surface area contributed by atoms with Crippen molar-refractivity contribution < 1.29 is 45.4 Å². The highest BCUT2D eigenvalue weighted by Gasteiger charge is 2.35. The van der Waals surface area contributed by atoms with E-state index in [1.165, 1.54) is 24.4 Å². The number of alkyl halides is 3. The summed E-state index contributed by atoms with van der Waals surface area (Å²) >= 11 is 0. The number of carbonyl (C=O) groups is 2. The molecule has 2 amide bonds. The number of pyridine rings is 1. The maximum Gasteiger partial charge on any atom is 0.407 e. The first-order valence-electron chi connectivity index (χ1n) is 13.7. The minimum atomic E-state index is -4.52. The van der Waals surface area contributed by atoms with Crippen LogP contribution in [0.1, 0.15) is 52.5 Å². The van der Waals surface area contributed by atoms with Crippen molar-refractivity contribution in [3.05, 3.63) is 100.0 Å². The summed E-state index contributed by atoms with van der Waals surface area (Å²) in [6.07, 6.45) is -7.28. The van der Waals surface area contributed by atoms with Gasteiger partial charge in [-0.1, -0.05) is 30.3 Å². The number of nitrogens with one attached hydrogen (secondary N) is 2. The first kappa shape index (κ1) is 33.1. The van der Waals surface area contributed by atoms with Gasteiger partial charge in [0, 0.05) is 19.0 Å². The Morgan fingerprint density at radius 2 is 1.62 bits per heavy atom. The summed E-state index contributed by atoms with van der Waals surface area (Å²) in [5, 5.41) is 9.32. The molecule has 45 heavy (non-hydrogen) atoms. The minimum Gasteiger partial charge on any atom is -0.473 e. The van der Waals surface area contributed by atoms with E-state index >= 15 is 0 Å². The monoisotopic (exact) mass is 636 g/mol. The number of fused-ring (bicyclic) bond motifs is 1. The Morgan fingerprint density at radius 3 is 2.31 bits per heavy atom. The van der Waals surface area contributed by atoms with Crippen LogP contribution in [0, 0.1) is 31.3 Å². The number of amides is 2. The third kappa shape index (κ3) is 8.46. The first-order chi connectivity index (χ1) is 21.2. The second-order valence-corrected chi connectivity index (χ2v) is 10.8. The molecule has 1 unspecified atom stereocenters. The fourth-order valence-electron chi connectivity index (χ4n) is 4.57. The molecule has 0 spiro atoms. The summed E-state index contributed by atoms with van der Waals surface area (Å²) in [5.74, 6) is -4.38. The van der Waals surface area contributed by atoms with E-state index in [0.29, 0.717) is 17.2 Å². The lowest BCUT2D eigenvalue weighted by Gasteiger charge is -2.31. The van der Waals surface area contributed by atoms with Crippen LogP contribution >= 0.6 is 0 Å². The van der Waals surface area contributed by atoms with Crippen molar-refractivity contribution in [2.75, 3.05) is 6.54 Å². The SMILES string of the molecule is Cc1cc(OCc2c(F)ccc(F)c2F)n2nc(C)c(C(=O)NCC(C)(CCC(F)(F)F)NC(=O)OCc3ccccc3)c2c1. The van der Waals surface area contributed by atoms with Crippen molar-refractivity contribution in [1.29, 1.82) is 0 Å². The second-order valence-electron chi connectivity index (χ2n) is 10.8. The van der Waals surface area contributed by atoms with Crippen molar-refractivity contribution in [3.8, 4) is 5.88 Å². The molecule has 1 atom stereocenters. The number of hydrogen-bond acceptors (Lipinski definition) is 5. The van der Waals surface area contributed by atoms with Crippen LogP contribution in [0.4, 0.5) is 31.1 Å². The molecule has 0 saturated carbocycles. The van der Waals surface area contributed by atoms with Gasteiger partial charge < -0.3 is 20.1 Å². The number of ether oxygens (including phenoxy) is 2. The Morgan fingerprint density at radius 1 is 0.933 bits per heavy atom. The molecule has 0 fully saturated rings. The van der Waals surface area contributed by atoms with Gasteiger partial charge in [0.15, 0.2) is 11.6 Å². The minimum absolute atomic E-state index is 0.00643. The van der Waals surface area contributed by atoms with Gasteiger partial charge in [0.05, 0.1) is 27.9 Å². The van der Waals surface area contributed by atoms with Crippen LogP contribution < -0.4 is 15.4 Å². The average molecular weight is 637 g/mol. The number of carbonyl (C=O) groups excluding carboxylic acids is 2. The van der Waals surface area contributed by atoms with E-state index in [1.54, 1.807) is 43.3 Å². The highest BCUT2D eigenvalue weighted by Crippen LogP contribution is 2.28. The average Bonchev–Trinajstić information content (AvgIpc) is 3.31. The largest absolute Gasteiger partial charge is 0.473 e. The van der Waals surface area contributed by atoms with Gasteiger partial charge in [0.2, 0.25) is 5.88 Å². The first-order valence-corrected chi connectivity index (χ1v) is 13.7. The van der Waals surface area contributed by atoms with E-state index in [-0.39, 0.29) is 29.3 Å². The molecule has 2 N–H and O–H groups in total. The van der Waals surface area contributed by atoms with Gasteiger partial charge in [-0.2, -0.15) is 22.8 Å². The van der Waals surface area contributed by atoms with Crippen LogP contribution in [-0.2, 0) is 18.0 Å². The molecule has 4 aromatic rings. The topological polar surface area (TPSA) is 94.0 Å². The van der Waals surface area contributed by atoms with E-state index in [9.17, 15) is 35.9 Å². The molecule has 0 radical (unpaired) electrons. The Kier molecular flexibility index (Phi) is 9.94. The number of alkyl carbamates (subject to hydrolysis) is 1. The molecule has 2 heterocycles. The standard InChI is InChI=1S/C31H30F6N4O4/c1-18-13-24-26(19(2)40-41(24)25(14-18)44-16-21-22(32)9-10-23(33)27(21)34)28(42)38-17-30(3,11-12-31(35,36)37)39-29(43)45-15-20-7-5-4-6-8-20/h4-10,13-14H,11-12,15-17H2,1-3H3,(H,38,42)(H,39,43). The van der Waals surface area contributed by atoms with Crippen LogP contribution in [0.5, 0.6) is 5.88 Å². The molecule has 0 bridgehead atoms. The molecule has 0 saturated heterocycles. The lowest BCUT2D eigenvalue weighted by Crippen LogP contribution is -2.54. The number of benzene rings is 2. The van der Waals surface area contributed by atoms with Gasteiger partial charge >= 0.3 is 12.3 Å². The molecule has 0 aliphatic carbocycles. The predicted octanol–water partition coefficient (Wildman–Crippen LogP) is 6.70. The van der Waals surface area contributed by atoms with E-state index in [2.05, 4.69) is 15.7 Å². The van der Waals surface area contributed by atoms with Crippen molar-refractivity contribution in [2.24, 2.45) is 0 Å². The molecule has 14 heteroatoms. The molecule has 2 aromatic heterocycles. The summed E-state index contributed by atoms with van der Waals surface area (Å²) < 4.78 is 93.3. The molecular formula is C31H30F6N4O4. The zero-order valence-electron chi connectivity index (χ0n) is 24.5. The van der Waals surface area contributed by atoms with E-state index in [0.717, 1.165) is 6.07 Å². The quantitative estimate of drug-likeness (QED) is 0.141. The Hall–Kier alpha value is -4.75. The highest BCUT2D eigenvalue weighted by molar-refractivity contribution is 6.02.